The lowest BCUT2D eigenvalue weighted by Crippen LogP contribution is -2.21. The van der Waals surface area contributed by atoms with Gasteiger partial charge in [0, 0.05) is 17.2 Å². The van der Waals surface area contributed by atoms with Gasteiger partial charge in [0.15, 0.2) is 5.82 Å². The zero-order valence-electron chi connectivity index (χ0n) is 24.0. The van der Waals surface area contributed by atoms with Crippen LogP contribution in [0.4, 0.5) is 5.69 Å². The molecule has 4 aromatic rings. The predicted octanol–water partition coefficient (Wildman–Crippen LogP) is 7.52. The molecule has 1 atom stereocenters. The third-order valence-corrected chi connectivity index (χ3v) is 7.01. The number of hydrogen-bond acceptors (Lipinski definition) is 7. The van der Waals surface area contributed by atoms with Crippen LogP contribution >= 0.6 is 11.6 Å². The fraction of sp³-hybridized carbons (Fsp3) is 0.323. The lowest BCUT2D eigenvalue weighted by molar-refractivity contribution is -0.386. The second-order valence-corrected chi connectivity index (χ2v) is 10.5. The minimum atomic E-state index is -0.549. The minimum absolute atomic E-state index is 0.000350. The Kier molecular flexibility index (Phi) is 9.08. The Morgan fingerprint density at radius 1 is 1.15 bits per heavy atom. The quantitative estimate of drug-likeness (QED) is 0.110. The van der Waals surface area contributed by atoms with E-state index in [0.29, 0.717) is 35.3 Å². The molecule has 0 fully saturated rings. The molecule has 0 radical (unpaired) electrons. The molecular weight excluding hydrogens is 544 g/mol. The van der Waals surface area contributed by atoms with Gasteiger partial charge in [0.1, 0.15) is 5.75 Å². The second-order valence-electron chi connectivity index (χ2n) is 10.1. The van der Waals surface area contributed by atoms with Crippen LogP contribution in [0.3, 0.4) is 0 Å². The van der Waals surface area contributed by atoms with Gasteiger partial charge in [-0.15, -0.1) is 0 Å². The lowest BCUT2D eigenvalue weighted by atomic mass is 9.96. The smallest absolute Gasteiger partial charge is 0.313 e. The van der Waals surface area contributed by atoms with E-state index < -0.39 is 4.92 Å². The summed E-state index contributed by atoms with van der Waals surface area (Å²) in [7, 11) is 0. The highest BCUT2D eigenvalue weighted by Gasteiger charge is 2.23. The minimum Gasteiger partial charge on any atom is -0.494 e. The van der Waals surface area contributed by atoms with Crippen LogP contribution in [0.1, 0.15) is 63.6 Å². The third-order valence-electron chi connectivity index (χ3n) is 6.73. The summed E-state index contributed by atoms with van der Waals surface area (Å²) in [6.07, 6.45) is 1.75. The SMILES string of the molecule is CCOc1cc(C)c(-c2nc3ccccc3c(=O)n2N=Cc2cc(Cl)c(O[C@@H](C)CC)c([N+](=O)[O-])c2)cc1C(C)C. The highest BCUT2D eigenvalue weighted by Crippen LogP contribution is 2.37. The normalized spacial score (nSPS) is 12.3. The molecule has 0 saturated heterocycles. The first kappa shape index (κ1) is 29.7. The molecule has 3 aromatic carbocycles. The van der Waals surface area contributed by atoms with Crippen molar-refractivity contribution in [2.24, 2.45) is 5.10 Å². The van der Waals surface area contributed by atoms with E-state index in [1.807, 2.05) is 45.9 Å². The van der Waals surface area contributed by atoms with Gasteiger partial charge in [-0.3, -0.25) is 14.9 Å². The summed E-state index contributed by atoms with van der Waals surface area (Å²) in [6, 6.07) is 13.8. The number of benzene rings is 3. The number of hydrogen-bond donors (Lipinski definition) is 0. The maximum Gasteiger partial charge on any atom is 0.313 e. The van der Waals surface area contributed by atoms with Gasteiger partial charge >= 0.3 is 5.69 Å². The lowest BCUT2D eigenvalue weighted by Gasteiger charge is -2.18. The highest BCUT2D eigenvalue weighted by molar-refractivity contribution is 6.32. The van der Waals surface area contributed by atoms with E-state index in [4.69, 9.17) is 26.1 Å². The number of nitro groups is 1. The highest BCUT2D eigenvalue weighted by atomic mass is 35.5. The molecule has 4 rings (SSSR count). The average molecular weight is 577 g/mol. The molecule has 0 saturated carbocycles. The van der Waals surface area contributed by atoms with Gasteiger partial charge in [-0.1, -0.05) is 44.5 Å². The van der Waals surface area contributed by atoms with Gasteiger partial charge in [0.05, 0.1) is 39.8 Å². The third kappa shape index (κ3) is 6.25. The molecule has 0 N–H and O–H groups in total. The predicted molar refractivity (Wildman–Crippen MR) is 163 cm³/mol. The van der Waals surface area contributed by atoms with Gasteiger partial charge in [-0.25, -0.2) is 4.98 Å². The molecule has 0 aliphatic rings. The number of aryl methyl sites for hydroxylation is 1. The first-order chi connectivity index (χ1) is 19.5. The fourth-order valence-corrected chi connectivity index (χ4v) is 4.68. The summed E-state index contributed by atoms with van der Waals surface area (Å²) in [5, 5.41) is 16.8. The van der Waals surface area contributed by atoms with Crippen LogP contribution in [0.2, 0.25) is 5.02 Å². The van der Waals surface area contributed by atoms with Gasteiger partial charge < -0.3 is 9.47 Å². The fourth-order valence-electron chi connectivity index (χ4n) is 4.41. The summed E-state index contributed by atoms with van der Waals surface area (Å²) in [6.45, 7) is 12.2. The van der Waals surface area contributed by atoms with Crippen LogP contribution < -0.4 is 15.0 Å². The van der Waals surface area contributed by atoms with Crippen LogP contribution in [0, 0.1) is 17.0 Å². The number of aromatic nitrogens is 2. The molecule has 9 nitrogen and oxygen atoms in total. The van der Waals surface area contributed by atoms with Crippen LogP contribution in [0.5, 0.6) is 11.5 Å². The van der Waals surface area contributed by atoms with E-state index >= 15 is 0 Å². The number of nitrogens with zero attached hydrogens (tertiary/aromatic N) is 4. The Balaban J connectivity index is 1.93. The van der Waals surface area contributed by atoms with Crippen molar-refractivity contribution in [2.75, 3.05) is 6.61 Å². The van der Waals surface area contributed by atoms with Crippen molar-refractivity contribution in [2.45, 2.75) is 60.0 Å². The summed E-state index contributed by atoms with van der Waals surface area (Å²) >= 11 is 6.42. The molecule has 1 aromatic heterocycles. The van der Waals surface area contributed by atoms with E-state index in [2.05, 4.69) is 18.9 Å². The first-order valence-corrected chi connectivity index (χ1v) is 13.9. The molecule has 214 valence electrons. The molecule has 0 spiro atoms. The first-order valence-electron chi connectivity index (χ1n) is 13.5. The van der Waals surface area contributed by atoms with Crippen LogP contribution in [0.15, 0.2) is 58.4 Å². The molecule has 0 amide bonds. The van der Waals surface area contributed by atoms with E-state index in [0.717, 1.165) is 22.4 Å². The van der Waals surface area contributed by atoms with E-state index in [1.165, 1.54) is 23.0 Å². The molecule has 41 heavy (non-hydrogen) atoms. The van der Waals surface area contributed by atoms with Crippen molar-refractivity contribution < 1.29 is 14.4 Å². The monoisotopic (exact) mass is 576 g/mol. The number of rotatable bonds is 10. The zero-order chi connectivity index (χ0) is 29.8. The number of nitro benzene ring substituents is 1. The largest absolute Gasteiger partial charge is 0.494 e. The van der Waals surface area contributed by atoms with Gasteiger partial charge in [-0.05, 0) is 74.6 Å². The number of para-hydroxylation sites is 1. The van der Waals surface area contributed by atoms with Crippen molar-refractivity contribution in [3.63, 3.8) is 0 Å². The number of fused-ring (bicyclic) bond motifs is 1. The Labute approximate surface area is 243 Å². The molecule has 0 unspecified atom stereocenters. The maximum absolute atomic E-state index is 13.7. The number of ether oxygens (including phenoxy) is 2. The topological polar surface area (TPSA) is 109 Å². The van der Waals surface area contributed by atoms with Gasteiger partial charge in [-0.2, -0.15) is 9.78 Å². The Morgan fingerprint density at radius 3 is 2.54 bits per heavy atom. The van der Waals surface area contributed by atoms with Crippen molar-refractivity contribution in [3.8, 4) is 22.9 Å². The average Bonchev–Trinajstić information content (AvgIpc) is 2.93. The second kappa shape index (κ2) is 12.5. The van der Waals surface area contributed by atoms with Crippen molar-refractivity contribution in [1.82, 2.24) is 9.66 Å². The molecule has 1 heterocycles. The van der Waals surface area contributed by atoms with Gasteiger partial charge in [0.2, 0.25) is 5.75 Å². The number of halogens is 1. The molecule has 0 aliphatic carbocycles. The van der Waals surface area contributed by atoms with Crippen molar-refractivity contribution in [3.05, 3.63) is 90.7 Å². The van der Waals surface area contributed by atoms with Crippen molar-refractivity contribution >= 4 is 34.4 Å². The Hall–Kier alpha value is -4.24. The van der Waals surface area contributed by atoms with Crippen LogP contribution in [-0.4, -0.2) is 33.5 Å². The summed E-state index contributed by atoms with van der Waals surface area (Å²) in [5.41, 5.74) is 2.75. The Morgan fingerprint density at radius 2 is 1.88 bits per heavy atom. The summed E-state index contributed by atoms with van der Waals surface area (Å²) in [5.74, 6) is 1.27. The van der Waals surface area contributed by atoms with Crippen molar-refractivity contribution in [1.29, 1.82) is 0 Å². The standard InChI is InChI=1S/C31H33ClN4O5/c1-7-20(6)41-29-25(32)14-21(15-27(29)36(38)39)17-33-35-30(34-26-12-10-9-11-22(26)31(35)37)24-16-23(18(3)4)28(40-8-2)13-19(24)5/h9-18,20H,7-8H2,1-6H3/t20-/m0/s1. The van der Waals surface area contributed by atoms with E-state index in [9.17, 15) is 14.9 Å². The zero-order valence-corrected chi connectivity index (χ0v) is 24.7. The van der Waals surface area contributed by atoms with Gasteiger partial charge in [0.25, 0.3) is 5.56 Å². The molecule has 10 heteroatoms. The Bertz CT molecular complexity index is 1700. The van der Waals surface area contributed by atoms with E-state index in [-0.39, 0.29) is 34.0 Å². The van der Waals surface area contributed by atoms with Crippen LogP contribution in [-0.2, 0) is 0 Å². The summed E-state index contributed by atoms with van der Waals surface area (Å²) in [4.78, 5) is 29.9. The summed E-state index contributed by atoms with van der Waals surface area (Å²) < 4.78 is 12.8. The molecular formula is C31H33ClN4O5. The maximum atomic E-state index is 13.7. The van der Waals surface area contributed by atoms with E-state index in [1.54, 1.807) is 18.2 Å². The molecule has 0 aliphatic heterocycles. The molecule has 0 bridgehead atoms. The van der Waals surface area contributed by atoms with Crippen LogP contribution in [0.25, 0.3) is 22.3 Å².